The van der Waals surface area contributed by atoms with Crippen LogP contribution in [0.4, 0.5) is 87.8 Å². The molecule has 0 spiro atoms. The maximum absolute atomic E-state index is 15.4. The van der Waals surface area contributed by atoms with Gasteiger partial charge in [0.05, 0.1) is 0 Å². The van der Waals surface area contributed by atoms with Gasteiger partial charge in [-0.2, -0.15) is 0 Å². The van der Waals surface area contributed by atoms with Crippen LogP contribution in [0.15, 0.2) is 30.3 Å². The molecule has 5 aromatic rings. The molecule has 23 heteroatoms. The summed E-state index contributed by atoms with van der Waals surface area (Å²) in [5, 5.41) is 0. The van der Waals surface area contributed by atoms with E-state index >= 15 is 35.1 Å². The minimum atomic E-state index is -7.22. The van der Waals surface area contributed by atoms with E-state index in [0.29, 0.717) is 16.7 Å². The number of hydrogen-bond donors (Lipinski definition) is 0. The summed E-state index contributed by atoms with van der Waals surface area (Å²) in [5.74, 6) is -68.0. The third kappa shape index (κ3) is 8.16. The summed E-state index contributed by atoms with van der Waals surface area (Å²) >= 11 is 0. The van der Waals surface area contributed by atoms with E-state index in [2.05, 4.69) is 13.8 Å². The molecule has 0 aromatic heterocycles. The number of Topliss-reactive ketones (excluding diaryl/α,β-unsaturated/α-hetero) is 1. The van der Waals surface area contributed by atoms with Crippen LogP contribution >= 0.6 is 0 Å². The van der Waals surface area contributed by atoms with E-state index in [1.165, 1.54) is 24.3 Å². The van der Waals surface area contributed by atoms with Crippen molar-refractivity contribution >= 4 is 44.7 Å². The Morgan fingerprint density at radius 2 is 0.590 bits per heavy atom. The molecule has 0 atom stereocenters. The van der Waals surface area contributed by atoms with Gasteiger partial charge in [0.25, 0.3) is 0 Å². The van der Waals surface area contributed by atoms with Gasteiger partial charge in [-0.25, -0.2) is 87.8 Å². The highest BCUT2D eigenvalue weighted by atomic mass is 32.2. The molecule has 328 valence electrons. The fourth-order valence-electron chi connectivity index (χ4n) is 6.59. The first kappa shape index (κ1) is 48.5. The molecule has 0 N–H and O–H groups in total. The third-order valence-electron chi connectivity index (χ3n) is 9.12. The fourth-order valence-corrected chi connectivity index (χ4v) is 8.78. The van der Waals surface area contributed by atoms with Gasteiger partial charge in [0, 0.05) is 5.56 Å². The van der Waals surface area contributed by atoms with E-state index in [1.54, 1.807) is 0 Å². The molecule has 0 aliphatic rings. The Bertz CT molecular complexity index is 2130. The zero-order chi connectivity index (χ0) is 46.2. The van der Waals surface area contributed by atoms with Crippen LogP contribution in [0.1, 0.15) is 37.0 Å². The second-order valence-electron chi connectivity index (χ2n) is 12.8. The highest BCUT2D eigenvalue weighted by Crippen LogP contribution is 2.30. The largest absolute Gasteiger partial charge is 0.289 e. The monoisotopic (exact) mass is 916 g/mol. The van der Waals surface area contributed by atoms with Gasteiger partial charge in [-0.3, -0.25) is 4.79 Å². The summed E-state index contributed by atoms with van der Waals surface area (Å²) in [6.45, 7) is 4.39. The minimum Gasteiger partial charge on any atom is -0.289 e. The van der Waals surface area contributed by atoms with Gasteiger partial charge in [0.1, 0.15) is 64.2 Å². The zero-order valence-corrected chi connectivity index (χ0v) is 31.2. The summed E-state index contributed by atoms with van der Waals surface area (Å²) in [7, 11) is 0.295. The van der Waals surface area contributed by atoms with E-state index < -0.39 is 144 Å². The Morgan fingerprint density at radius 1 is 0.377 bits per heavy atom. The molecule has 0 aliphatic carbocycles. The van der Waals surface area contributed by atoms with Crippen molar-refractivity contribution in [3.05, 3.63) is 152 Å². The third-order valence-corrected chi connectivity index (χ3v) is 11.8. The molecule has 5 aromatic carbocycles. The Kier molecular flexibility index (Phi) is 14.9. The topological polar surface area (TPSA) is 17.1 Å². The number of ketones is 1. The molecule has 0 radical (unpaired) electrons. The minimum absolute atomic E-state index is 0.295. The lowest BCUT2D eigenvalue weighted by molar-refractivity contribution is 0.102. The number of rotatable bonds is 11. The SMILES string of the molecule is CCC[S+](CCC)CC(=O)c1ccccc1.Fc1c(F)c(F)c([B-](c2c(F)c(F)c(F)c(F)c2F)(c2c(F)c(F)c(F)c(F)c2F)c2c(F)c(F)c(F)c(F)c2F)c(F)c1F. The van der Waals surface area contributed by atoms with Gasteiger partial charge in [-0.15, -0.1) is 21.9 Å². The van der Waals surface area contributed by atoms with E-state index in [0.717, 1.165) is 11.3 Å². The van der Waals surface area contributed by atoms with Gasteiger partial charge in [0.15, 0.2) is 75.6 Å². The van der Waals surface area contributed by atoms with E-state index in [-0.39, 0.29) is 0 Å². The normalized spacial score (nSPS) is 11.7. The zero-order valence-electron chi connectivity index (χ0n) is 30.4. The Hall–Kier alpha value is -5.22. The van der Waals surface area contributed by atoms with Gasteiger partial charge in [-0.1, -0.05) is 44.2 Å². The molecule has 0 saturated heterocycles. The van der Waals surface area contributed by atoms with Gasteiger partial charge in [0.2, 0.25) is 5.78 Å². The van der Waals surface area contributed by atoms with Crippen molar-refractivity contribution in [1.29, 1.82) is 0 Å². The van der Waals surface area contributed by atoms with Gasteiger partial charge < -0.3 is 0 Å². The summed E-state index contributed by atoms with van der Waals surface area (Å²) < 4.78 is 294. The molecule has 61 heavy (non-hydrogen) atoms. The van der Waals surface area contributed by atoms with Crippen LogP contribution < -0.4 is 21.9 Å². The number of carbonyl (C=O) groups is 1. The highest BCUT2D eigenvalue weighted by molar-refractivity contribution is 7.97. The molecule has 0 saturated carbocycles. The van der Waals surface area contributed by atoms with Crippen molar-refractivity contribution in [3.8, 4) is 0 Å². The van der Waals surface area contributed by atoms with Crippen LogP contribution in [-0.4, -0.2) is 29.2 Å². The lowest BCUT2D eigenvalue weighted by Gasteiger charge is -2.44. The van der Waals surface area contributed by atoms with Crippen LogP contribution in [0, 0.1) is 116 Å². The summed E-state index contributed by atoms with van der Waals surface area (Å²) in [4.78, 5) is 12.0. The van der Waals surface area contributed by atoms with Crippen molar-refractivity contribution < 1.29 is 92.6 Å². The summed E-state index contributed by atoms with van der Waals surface area (Å²) in [6, 6.07) is 9.66. The first-order valence-corrected chi connectivity index (χ1v) is 18.7. The van der Waals surface area contributed by atoms with Gasteiger partial charge >= 0.3 is 0 Å². The van der Waals surface area contributed by atoms with E-state index in [1.807, 2.05) is 30.3 Å². The molecule has 0 heterocycles. The van der Waals surface area contributed by atoms with Crippen LogP contribution in [0.3, 0.4) is 0 Å². The predicted molar refractivity (Wildman–Crippen MR) is 183 cm³/mol. The van der Waals surface area contributed by atoms with Crippen molar-refractivity contribution in [1.82, 2.24) is 0 Å². The number of carbonyl (C=O) groups excluding carboxylic acids is 1. The standard InChI is InChI=1S/C24BF20.C14H21OS/c26-5-1(6(27)14(35)21(42)13(5)34)25(2-7(28)15(36)22(43)16(37)8(2)29,3-9(30)17(38)23(44)18(39)10(3)31)4-11(32)19(40)24(45)20(41)12(4)33;1-3-10-16(11-4-2)12-14(15)13-8-6-5-7-9-13/h;5-9H,3-4,10-12H2,1-2H3/q-1;+1. The molecule has 5 rings (SSSR count). The second-order valence-corrected chi connectivity index (χ2v) is 15.1. The summed E-state index contributed by atoms with van der Waals surface area (Å²) in [6.07, 6.45) is -4.85. The van der Waals surface area contributed by atoms with E-state index in [4.69, 9.17) is 0 Å². The molecule has 0 amide bonds. The number of benzene rings is 5. The van der Waals surface area contributed by atoms with Crippen molar-refractivity contribution in [2.24, 2.45) is 0 Å². The maximum Gasteiger partial charge on any atom is 0.211 e. The van der Waals surface area contributed by atoms with Crippen LogP contribution in [0.2, 0.25) is 0 Å². The average Bonchev–Trinajstić information content (AvgIpc) is 3.24. The Balaban J connectivity index is 0.000000430. The molecular weight excluding hydrogens is 895 g/mol. The lowest BCUT2D eigenvalue weighted by atomic mass is 9.12. The smallest absolute Gasteiger partial charge is 0.211 e. The average molecular weight is 916 g/mol. The van der Waals surface area contributed by atoms with Gasteiger partial charge in [-0.05, 0) is 23.7 Å². The molecular formula is C38H21BF20OS. The first-order valence-electron chi connectivity index (χ1n) is 16.9. The van der Waals surface area contributed by atoms with Crippen molar-refractivity contribution in [2.45, 2.75) is 26.7 Å². The molecule has 1 nitrogen and oxygen atoms in total. The van der Waals surface area contributed by atoms with Crippen LogP contribution in [0.5, 0.6) is 0 Å². The maximum atomic E-state index is 15.4. The Morgan fingerprint density at radius 3 is 0.803 bits per heavy atom. The Labute approximate surface area is 333 Å². The predicted octanol–water partition coefficient (Wildman–Crippen LogP) is 9.15. The van der Waals surface area contributed by atoms with Crippen molar-refractivity contribution in [2.75, 3.05) is 17.3 Å². The van der Waals surface area contributed by atoms with Crippen molar-refractivity contribution in [3.63, 3.8) is 0 Å². The molecule has 0 aliphatic heterocycles. The first-order chi connectivity index (χ1) is 28.5. The quantitative estimate of drug-likeness (QED) is 0.0323. The molecule has 0 bridgehead atoms. The number of hydrogen-bond acceptors (Lipinski definition) is 1. The fraction of sp³-hybridized carbons (Fsp3) is 0.184. The second kappa shape index (κ2) is 18.8. The van der Waals surface area contributed by atoms with E-state index in [9.17, 15) is 57.5 Å². The van der Waals surface area contributed by atoms with Crippen LogP contribution in [0.25, 0.3) is 0 Å². The highest BCUT2D eigenvalue weighted by Gasteiger charge is 2.52. The lowest BCUT2D eigenvalue weighted by Crippen LogP contribution is -2.81. The molecule has 0 fully saturated rings. The summed E-state index contributed by atoms with van der Waals surface area (Å²) in [5.41, 5.74) is -13.5. The van der Waals surface area contributed by atoms with Crippen LogP contribution in [-0.2, 0) is 10.9 Å². The number of halogens is 20. The molecule has 0 unspecified atom stereocenters.